The van der Waals surface area contributed by atoms with E-state index in [-0.39, 0.29) is 24.1 Å². The van der Waals surface area contributed by atoms with Crippen LogP contribution in [-0.4, -0.2) is 69.4 Å². The molecule has 0 spiro atoms. The van der Waals surface area contributed by atoms with Crippen LogP contribution < -0.4 is 5.32 Å². The van der Waals surface area contributed by atoms with E-state index < -0.39 is 5.60 Å². The fraction of sp³-hybridized carbons (Fsp3) is 0.750. The highest BCUT2D eigenvalue weighted by atomic mass is 16.6. The molecule has 158 valence electrons. The Balaban J connectivity index is 1.90. The molecule has 0 bridgehead atoms. The zero-order valence-corrected chi connectivity index (χ0v) is 18.5. The van der Waals surface area contributed by atoms with Crippen LogP contribution in [0.2, 0.25) is 0 Å². The van der Waals surface area contributed by atoms with Crippen molar-refractivity contribution >= 4 is 17.7 Å². The van der Waals surface area contributed by atoms with Gasteiger partial charge in [-0.05, 0) is 54.4 Å². The molecule has 2 amide bonds. The van der Waals surface area contributed by atoms with E-state index in [4.69, 9.17) is 4.74 Å². The van der Waals surface area contributed by atoms with Crippen molar-refractivity contribution < 1.29 is 14.3 Å². The Morgan fingerprint density at radius 3 is 2.29 bits per heavy atom. The van der Waals surface area contributed by atoms with E-state index in [0.29, 0.717) is 0 Å². The summed E-state index contributed by atoms with van der Waals surface area (Å²) in [6.45, 7) is 12.9. The summed E-state index contributed by atoms with van der Waals surface area (Å²) >= 11 is 0. The summed E-state index contributed by atoms with van der Waals surface area (Å²) in [7, 11) is 3.66. The number of rotatable bonds is 4. The highest BCUT2D eigenvalue weighted by molar-refractivity contribution is 5.95. The molecule has 2 heterocycles. The quantitative estimate of drug-likeness (QED) is 0.851. The first-order valence-corrected chi connectivity index (χ1v) is 9.91. The summed E-state index contributed by atoms with van der Waals surface area (Å²) < 4.78 is 7.23. The zero-order valence-electron chi connectivity index (χ0n) is 18.5. The molecule has 0 aromatic carbocycles. The molecule has 1 aromatic rings. The molecular weight excluding hydrogens is 358 g/mol. The summed E-state index contributed by atoms with van der Waals surface area (Å²) in [5, 5.41) is 7.37. The number of carbonyl (C=O) groups excluding carboxylic acids is 2. The zero-order chi connectivity index (χ0) is 21.2. The molecule has 2 rings (SSSR count). The van der Waals surface area contributed by atoms with E-state index in [1.54, 1.807) is 16.6 Å². The van der Waals surface area contributed by atoms with Gasteiger partial charge in [0.25, 0.3) is 0 Å². The van der Waals surface area contributed by atoms with Crippen molar-refractivity contribution in [3.8, 4) is 0 Å². The number of carbonyl (C=O) groups is 2. The number of aromatic nitrogens is 2. The molecule has 0 saturated carbocycles. The number of piperidine rings is 1. The summed E-state index contributed by atoms with van der Waals surface area (Å²) in [4.78, 5) is 28.9. The second-order valence-electron chi connectivity index (χ2n) is 8.69. The molecular formula is C20H35N5O3. The molecule has 1 aromatic heterocycles. The standard InChI is InChI=1S/C20H35N5O3/c1-13-17(14(2)24(8)22-13)21-18(26)15(3)25-11-9-16(10-12-25)23(7)19(27)28-20(4,5)6/h15-16H,9-12H2,1-8H3,(H,21,26). The monoisotopic (exact) mass is 393 g/mol. The number of likely N-dealkylation sites (tertiary alicyclic amines) is 1. The van der Waals surface area contributed by atoms with Crippen molar-refractivity contribution in [1.82, 2.24) is 19.6 Å². The lowest BCUT2D eigenvalue weighted by atomic mass is 10.0. The predicted octanol–water partition coefficient (Wildman–Crippen LogP) is 2.70. The lowest BCUT2D eigenvalue weighted by Gasteiger charge is -2.39. The lowest BCUT2D eigenvalue weighted by Crippen LogP contribution is -2.51. The van der Waals surface area contributed by atoms with Gasteiger partial charge in [0, 0.05) is 33.2 Å². The summed E-state index contributed by atoms with van der Waals surface area (Å²) in [6, 6.07) is -0.115. The van der Waals surface area contributed by atoms with Crippen molar-refractivity contribution in [2.24, 2.45) is 7.05 Å². The third kappa shape index (κ3) is 5.25. The Hall–Kier alpha value is -2.09. The first kappa shape index (κ1) is 22.2. The number of hydrogen-bond acceptors (Lipinski definition) is 5. The average molecular weight is 394 g/mol. The average Bonchev–Trinajstić information content (AvgIpc) is 2.85. The largest absolute Gasteiger partial charge is 0.444 e. The Labute approximate surface area is 168 Å². The van der Waals surface area contributed by atoms with Crippen LogP contribution in [0.1, 0.15) is 51.9 Å². The van der Waals surface area contributed by atoms with Gasteiger partial charge in [0.2, 0.25) is 5.91 Å². The van der Waals surface area contributed by atoms with Gasteiger partial charge < -0.3 is 15.0 Å². The van der Waals surface area contributed by atoms with E-state index in [2.05, 4.69) is 15.3 Å². The maximum atomic E-state index is 12.7. The maximum absolute atomic E-state index is 12.7. The fourth-order valence-corrected chi connectivity index (χ4v) is 3.49. The number of hydrogen-bond donors (Lipinski definition) is 1. The first-order valence-electron chi connectivity index (χ1n) is 9.91. The number of amides is 2. The van der Waals surface area contributed by atoms with Crippen molar-refractivity contribution in [2.75, 3.05) is 25.5 Å². The molecule has 1 N–H and O–H groups in total. The van der Waals surface area contributed by atoms with Gasteiger partial charge >= 0.3 is 6.09 Å². The van der Waals surface area contributed by atoms with Crippen LogP contribution in [0.25, 0.3) is 0 Å². The predicted molar refractivity (Wildman–Crippen MR) is 109 cm³/mol. The minimum atomic E-state index is -0.499. The van der Waals surface area contributed by atoms with Gasteiger partial charge in [-0.1, -0.05) is 0 Å². The third-order valence-corrected chi connectivity index (χ3v) is 5.41. The van der Waals surface area contributed by atoms with Crippen LogP contribution in [0.3, 0.4) is 0 Å². The van der Waals surface area contributed by atoms with Crippen LogP contribution in [-0.2, 0) is 16.6 Å². The molecule has 1 aliphatic rings. The minimum Gasteiger partial charge on any atom is -0.444 e. The SMILES string of the molecule is Cc1nn(C)c(C)c1NC(=O)C(C)N1CCC(N(C)C(=O)OC(C)(C)C)CC1. The fourth-order valence-electron chi connectivity index (χ4n) is 3.49. The Morgan fingerprint density at radius 1 is 1.25 bits per heavy atom. The van der Waals surface area contributed by atoms with Gasteiger partial charge in [-0.25, -0.2) is 4.79 Å². The van der Waals surface area contributed by atoms with Gasteiger partial charge in [-0.3, -0.25) is 14.4 Å². The minimum absolute atomic E-state index is 0.0295. The highest BCUT2D eigenvalue weighted by Gasteiger charge is 2.32. The van der Waals surface area contributed by atoms with E-state index in [1.165, 1.54) is 0 Å². The van der Waals surface area contributed by atoms with Crippen molar-refractivity contribution in [3.63, 3.8) is 0 Å². The molecule has 8 heteroatoms. The number of anilines is 1. The first-order chi connectivity index (χ1) is 12.9. The summed E-state index contributed by atoms with van der Waals surface area (Å²) in [6.07, 6.45) is 1.34. The maximum Gasteiger partial charge on any atom is 0.410 e. The lowest BCUT2D eigenvalue weighted by molar-refractivity contribution is -0.121. The Kier molecular flexibility index (Phi) is 6.75. The van der Waals surface area contributed by atoms with Gasteiger partial charge in [-0.2, -0.15) is 5.10 Å². The Morgan fingerprint density at radius 2 is 1.82 bits per heavy atom. The third-order valence-electron chi connectivity index (χ3n) is 5.41. The van der Waals surface area contributed by atoms with Crippen molar-refractivity contribution in [1.29, 1.82) is 0 Å². The van der Waals surface area contributed by atoms with Crippen LogP contribution in [0, 0.1) is 13.8 Å². The number of nitrogens with one attached hydrogen (secondary N) is 1. The second-order valence-corrected chi connectivity index (χ2v) is 8.69. The number of ether oxygens (including phenoxy) is 1. The second kappa shape index (κ2) is 8.51. The number of nitrogens with zero attached hydrogens (tertiary/aromatic N) is 4. The Bertz CT molecular complexity index is 714. The molecule has 0 aliphatic carbocycles. The molecule has 1 saturated heterocycles. The topological polar surface area (TPSA) is 79.7 Å². The van der Waals surface area contributed by atoms with E-state index in [0.717, 1.165) is 43.0 Å². The molecule has 0 radical (unpaired) electrons. The summed E-state index contributed by atoms with van der Waals surface area (Å²) in [5.74, 6) is -0.0295. The van der Waals surface area contributed by atoms with Crippen LogP contribution in [0.4, 0.5) is 10.5 Å². The van der Waals surface area contributed by atoms with Gasteiger partial charge in [-0.15, -0.1) is 0 Å². The molecule has 8 nitrogen and oxygen atoms in total. The highest BCUT2D eigenvalue weighted by Crippen LogP contribution is 2.22. The number of aryl methyl sites for hydroxylation is 2. The molecule has 28 heavy (non-hydrogen) atoms. The van der Waals surface area contributed by atoms with E-state index in [9.17, 15) is 9.59 Å². The van der Waals surface area contributed by atoms with Crippen molar-refractivity contribution in [2.45, 2.75) is 72.1 Å². The van der Waals surface area contributed by atoms with Crippen LogP contribution in [0.5, 0.6) is 0 Å². The van der Waals surface area contributed by atoms with Crippen LogP contribution >= 0.6 is 0 Å². The molecule has 1 unspecified atom stereocenters. The normalized spacial score (nSPS) is 17.3. The van der Waals surface area contributed by atoms with Gasteiger partial charge in [0.05, 0.1) is 23.1 Å². The van der Waals surface area contributed by atoms with Gasteiger partial charge in [0.1, 0.15) is 5.60 Å². The molecule has 1 aliphatic heterocycles. The van der Waals surface area contributed by atoms with Crippen LogP contribution in [0.15, 0.2) is 0 Å². The molecule has 1 atom stereocenters. The van der Waals surface area contributed by atoms with E-state index in [1.807, 2.05) is 48.6 Å². The van der Waals surface area contributed by atoms with Crippen molar-refractivity contribution in [3.05, 3.63) is 11.4 Å². The summed E-state index contributed by atoms with van der Waals surface area (Å²) in [5.41, 5.74) is 2.05. The molecule has 1 fully saturated rings. The van der Waals surface area contributed by atoms with Gasteiger partial charge in [0.15, 0.2) is 0 Å². The smallest absolute Gasteiger partial charge is 0.410 e. The van der Waals surface area contributed by atoms with E-state index >= 15 is 0 Å².